The summed E-state index contributed by atoms with van der Waals surface area (Å²) in [5.74, 6) is 1.57. The minimum Gasteiger partial charge on any atom is -0.494 e. The van der Waals surface area contributed by atoms with Gasteiger partial charge in [-0.25, -0.2) is 4.98 Å². The Morgan fingerprint density at radius 3 is 2.46 bits per heavy atom. The van der Waals surface area contributed by atoms with Gasteiger partial charge in [-0.2, -0.15) is 0 Å². The highest BCUT2D eigenvalue weighted by atomic mass is 32.1. The Balaban J connectivity index is 1.24. The van der Waals surface area contributed by atoms with Crippen LogP contribution in [0.2, 0.25) is 0 Å². The van der Waals surface area contributed by atoms with Crippen LogP contribution in [0.5, 0.6) is 5.75 Å². The third-order valence-electron chi connectivity index (χ3n) is 5.00. The molecule has 2 heterocycles. The number of hydrogen-bond donors (Lipinski definition) is 0. The van der Waals surface area contributed by atoms with Crippen molar-refractivity contribution in [2.24, 2.45) is 0 Å². The van der Waals surface area contributed by atoms with Crippen LogP contribution in [0, 0.1) is 0 Å². The summed E-state index contributed by atoms with van der Waals surface area (Å²) in [6, 6.07) is 8.53. The highest BCUT2D eigenvalue weighted by Gasteiger charge is 2.17. The van der Waals surface area contributed by atoms with Crippen molar-refractivity contribution in [3.8, 4) is 5.75 Å². The van der Waals surface area contributed by atoms with Crippen LogP contribution in [-0.2, 0) is 0 Å². The van der Waals surface area contributed by atoms with E-state index in [1.165, 1.54) is 30.1 Å². The molecule has 1 aliphatic heterocycles. The second-order valence-corrected chi connectivity index (χ2v) is 8.15. The first kappa shape index (κ1) is 19.2. The molecule has 5 heteroatoms. The number of unbranched alkanes of at least 4 members (excludes halogenated alkanes) is 2. The summed E-state index contributed by atoms with van der Waals surface area (Å²) < 4.78 is 5.86. The molecule has 0 radical (unpaired) electrons. The zero-order chi connectivity index (χ0) is 18.2. The van der Waals surface area contributed by atoms with E-state index in [1.54, 1.807) is 11.3 Å². The van der Waals surface area contributed by atoms with E-state index >= 15 is 0 Å². The number of rotatable bonds is 9. The molecule has 3 rings (SSSR count). The van der Waals surface area contributed by atoms with Crippen LogP contribution in [0.1, 0.15) is 44.6 Å². The Bertz CT molecular complexity index is 619. The summed E-state index contributed by atoms with van der Waals surface area (Å²) in [6.45, 7) is 11.0. The molecule has 1 aromatic heterocycles. The molecule has 4 nitrogen and oxygen atoms in total. The van der Waals surface area contributed by atoms with Crippen LogP contribution < -0.4 is 9.64 Å². The van der Waals surface area contributed by atoms with E-state index in [4.69, 9.17) is 4.74 Å². The molecule has 26 heavy (non-hydrogen) atoms. The first-order valence-corrected chi connectivity index (χ1v) is 10.7. The van der Waals surface area contributed by atoms with Gasteiger partial charge in [-0.3, -0.25) is 4.90 Å². The minimum absolute atomic E-state index is 0.576. The summed E-state index contributed by atoms with van der Waals surface area (Å²) >= 11 is 1.74. The molecule has 0 N–H and O–H groups in total. The summed E-state index contributed by atoms with van der Waals surface area (Å²) in [6.07, 6.45) is 5.52. The Morgan fingerprint density at radius 1 is 1.04 bits per heavy atom. The third kappa shape index (κ3) is 5.71. The summed E-state index contributed by atoms with van der Waals surface area (Å²) in [7, 11) is 0. The van der Waals surface area contributed by atoms with Crippen molar-refractivity contribution in [2.45, 2.75) is 39.0 Å². The molecule has 2 aromatic rings. The molecular formula is C21H31N3OS. The Labute approximate surface area is 161 Å². The minimum atomic E-state index is 0.576. The van der Waals surface area contributed by atoms with Gasteiger partial charge >= 0.3 is 0 Å². The number of nitrogens with zero attached hydrogens (tertiary/aromatic N) is 3. The lowest BCUT2D eigenvalue weighted by Gasteiger charge is -2.34. The van der Waals surface area contributed by atoms with Crippen molar-refractivity contribution in [2.75, 3.05) is 44.2 Å². The molecule has 0 bridgehead atoms. The van der Waals surface area contributed by atoms with Crippen molar-refractivity contribution >= 4 is 16.5 Å². The predicted octanol–water partition coefficient (Wildman–Crippen LogP) is 4.64. The Kier molecular flexibility index (Phi) is 7.32. The monoisotopic (exact) mass is 373 g/mol. The van der Waals surface area contributed by atoms with Crippen molar-refractivity contribution in [1.82, 2.24) is 9.88 Å². The molecule has 1 aromatic carbocycles. The maximum absolute atomic E-state index is 5.86. The molecule has 0 unspecified atom stereocenters. The quantitative estimate of drug-likeness (QED) is 0.599. The van der Waals surface area contributed by atoms with Gasteiger partial charge in [0.1, 0.15) is 5.75 Å². The van der Waals surface area contributed by atoms with Gasteiger partial charge in [-0.1, -0.05) is 26.0 Å². The largest absolute Gasteiger partial charge is 0.494 e. The fourth-order valence-electron chi connectivity index (χ4n) is 3.29. The molecule has 0 aliphatic carbocycles. The molecule has 142 valence electrons. The normalized spacial score (nSPS) is 15.6. The van der Waals surface area contributed by atoms with Gasteiger partial charge in [0.05, 0.1) is 6.61 Å². The van der Waals surface area contributed by atoms with E-state index in [-0.39, 0.29) is 0 Å². The highest BCUT2D eigenvalue weighted by Crippen LogP contribution is 2.20. The fourth-order valence-corrected chi connectivity index (χ4v) is 3.98. The smallest absolute Gasteiger partial charge is 0.185 e. The van der Waals surface area contributed by atoms with Gasteiger partial charge in [0, 0.05) is 37.8 Å². The van der Waals surface area contributed by atoms with Gasteiger partial charge in [0.15, 0.2) is 5.13 Å². The van der Waals surface area contributed by atoms with Gasteiger partial charge in [0.2, 0.25) is 0 Å². The summed E-state index contributed by atoms with van der Waals surface area (Å²) in [5, 5.41) is 3.23. The molecule has 0 spiro atoms. The lowest BCUT2D eigenvalue weighted by Crippen LogP contribution is -2.46. The summed E-state index contributed by atoms with van der Waals surface area (Å²) in [5.41, 5.74) is 1.37. The van der Waals surface area contributed by atoms with Crippen LogP contribution >= 0.6 is 11.3 Å². The summed E-state index contributed by atoms with van der Waals surface area (Å²) in [4.78, 5) is 9.39. The first-order valence-electron chi connectivity index (χ1n) is 9.82. The zero-order valence-corrected chi connectivity index (χ0v) is 16.9. The number of ether oxygens (including phenoxy) is 1. The second kappa shape index (κ2) is 9.93. The van der Waals surface area contributed by atoms with Crippen molar-refractivity contribution in [3.05, 3.63) is 41.4 Å². The maximum Gasteiger partial charge on any atom is 0.185 e. The number of anilines is 1. The van der Waals surface area contributed by atoms with Gasteiger partial charge in [-0.05, 0) is 49.4 Å². The average Bonchev–Trinajstić information content (AvgIpc) is 3.20. The van der Waals surface area contributed by atoms with Gasteiger partial charge in [0.25, 0.3) is 0 Å². The van der Waals surface area contributed by atoms with Crippen LogP contribution in [0.15, 0.2) is 35.8 Å². The van der Waals surface area contributed by atoms with Crippen LogP contribution in [0.4, 0.5) is 5.13 Å². The molecular weight excluding hydrogens is 342 g/mol. The average molecular weight is 374 g/mol. The van der Waals surface area contributed by atoms with Gasteiger partial charge < -0.3 is 9.64 Å². The third-order valence-corrected chi connectivity index (χ3v) is 5.83. The lowest BCUT2D eigenvalue weighted by molar-refractivity contribution is 0.246. The number of thiazole rings is 1. The molecule has 0 saturated carbocycles. The molecule has 1 aliphatic rings. The lowest BCUT2D eigenvalue weighted by atomic mass is 10.0. The Morgan fingerprint density at radius 2 is 1.81 bits per heavy atom. The van der Waals surface area contributed by atoms with E-state index in [0.717, 1.165) is 45.0 Å². The molecule has 1 fully saturated rings. The standard InChI is InChI=1S/C21H31N3OS/c1-18(2)19-6-8-20(9-7-19)25-16-5-3-4-11-23-12-14-24(15-13-23)21-22-10-17-26-21/h6-10,17-18H,3-5,11-16H2,1-2H3. The number of aromatic nitrogens is 1. The van der Waals surface area contributed by atoms with Crippen LogP contribution in [-0.4, -0.2) is 49.2 Å². The highest BCUT2D eigenvalue weighted by molar-refractivity contribution is 7.13. The predicted molar refractivity (Wildman–Crippen MR) is 111 cm³/mol. The zero-order valence-electron chi connectivity index (χ0n) is 16.1. The fraction of sp³-hybridized carbons (Fsp3) is 0.571. The van der Waals surface area contributed by atoms with Crippen molar-refractivity contribution in [3.63, 3.8) is 0 Å². The topological polar surface area (TPSA) is 28.6 Å². The van der Waals surface area contributed by atoms with E-state index in [9.17, 15) is 0 Å². The maximum atomic E-state index is 5.86. The van der Waals surface area contributed by atoms with Crippen molar-refractivity contribution in [1.29, 1.82) is 0 Å². The molecule has 0 atom stereocenters. The second-order valence-electron chi connectivity index (χ2n) is 7.28. The number of hydrogen-bond acceptors (Lipinski definition) is 5. The molecule has 0 amide bonds. The van der Waals surface area contributed by atoms with E-state index < -0.39 is 0 Å². The van der Waals surface area contributed by atoms with Gasteiger partial charge in [-0.15, -0.1) is 11.3 Å². The van der Waals surface area contributed by atoms with Crippen molar-refractivity contribution < 1.29 is 4.74 Å². The van der Waals surface area contributed by atoms with E-state index in [2.05, 4.69) is 58.3 Å². The van der Waals surface area contributed by atoms with Crippen LogP contribution in [0.25, 0.3) is 0 Å². The number of piperazine rings is 1. The number of benzene rings is 1. The van der Waals surface area contributed by atoms with Crippen LogP contribution in [0.3, 0.4) is 0 Å². The van der Waals surface area contributed by atoms with E-state index in [0.29, 0.717) is 5.92 Å². The first-order chi connectivity index (χ1) is 12.7. The Hall–Kier alpha value is -1.59. The SMILES string of the molecule is CC(C)c1ccc(OCCCCCN2CCN(c3nccs3)CC2)cc1. The molecule has 1 saturated heterocycles. The van der Waals surface area contributed by atoms with E-state index in [1.807, 2.05) is 6.20 Å².